The van der Waals surface area contributed by atoms with Crippen molar-refractivity contribution in [3.63, 3.8) is 0 Å². The van der Waals surface area contributed by atoms with Gasteiger partial charge in [0.05, 0.1) is 0 Å². The number of allylic oxidation sites excluding steroid dienone is 1. The molecule has 1 atom stereocenters. The standard InChI is InChI=1S/C10F16O4S/c11-1(3(12)13)2(27)6(15,16)5(14,9(21,22)23)4(28)7(17,18)8(19,20)10(24,25)31(26,29)30. The van der Waals surface area contributed by atoms with Crippen molar-refractivity contribution in [3.8, 4) is 0 Å². The van der Waals surface area contributed by atoms with E-state index in [0.717, 1.165) is 0 Å². The van der Waals surface area contributed by atoms with E-state index < -0.39 is 68.6 Å². The van der Waals surface area contributed by atoms with Crippen LogP contribution in [-0.4, -0.2) is 54.9 Å². The van der Waals surface area contributed by atoms with Crippen molar-refractivity contribution >= 4 is 21.8 Å². The van der Waals surface area contributed by atoms with Gasteiger partial charge in [0, 0.05) is 0 Å². The lowest BCUT2D eigenvalue weighted by Crippen LogP contribution is -2.72. The molecule has 4 nitrogen and oxygen atoms in total. The van der Waals surface area contributed by atoms with E-state index in [1.54, 1.807) is 0 Å². The third-order valence-electron chi connectivity index (χ3n) is 3.14. The maximum atomic E-state index is 13.9. The summed E-state index contributed by atoms with van der Waals surface area (Å²) in [4.78, 5) is 21.6. The lowest BCUT2D eigenvalue weighted by molar-refractivity contribution is -0.309. The zero-order valence-electron chi connectivity index (χ0n) is 13.1. The van der Waals surface area contributed by atoms with Crippen LogP contribution in [0.3, 0.4) is 0 Å². The fourth-order valence-electron chi connectivity index (χ4n) is 1.52. The lowest BCUT2D eigenvalue weighted by atomic mass is 9.83. The van der Waals surface area contributed by atoms with Crippen LogP contribution in [0.25, 0.3) is 0 Å². The normalized spacial score (nSPS) is 16.5. The van der Waals surface area contributed by atoms with Gasteiger partial charge in [-0.05, 0) is 0 Å². The number of alkyl halides is 12. The number of carbonyl (C=O) groups excluding carboxylic acids is 2. The summed E-state index contributed by atoms with van der Waals surface area (Å²) in [5.74, 6) is -39.1. The second-order valence-corrected chi connectivity index (χ2v) is 6.46. The number of rotatable bonds is 8. The molecule has 0 aromatic heterocycles. The molecule has 0 amide bonds. The summed E-state index contributed by atoms with van der Waals surface area (Å²) in [5, 5.41) is -7.87. The van der Waals surface area contributed by atoms with Crippen molar-refractivity contribution in [2.24, 2.45) is 0 Å². The molecular formula is C10F16O4S. The fraction of sp³-hybridized carbons (Fsp3) is 0.600. The van der Waals surface area contributed by atoms with Crippen LogP contribution in [0.15, 0.2) is 11.9 Å². The van der Waals surface area contributed by atoms with Gasteiger partial charge >= 0.3 is 51.2 Å². The topological polar surface area (TPSA) is 68.3 Å². The zero-order valence-corrected chi connectivity index (χ0v) is 13.9. The second kappa shape index (κ2) is 7.50. The van der Waals surface area contributed by atoms with Crippen molar-refractivity contribution in [1.29, 1.82) is 0 Å². The average Bonchev–Trinajstić information content (AvgIpc) is 2.55. The number of Topliss-reactive ketones (excluding diaryl/α,β-unsaturated/α-hetero) is 2. The lowest BCUT2D eigenvalue weighted by Gasteiger charge is -2.37. The van der Waals surface area contributed by atoms with Gasteiger partial charge in [-0.25, -0.2) is 4.39 Å². The quantitative estimate of drug-likeness (QED) is 0.273. The van der Waals surface area contributed by atoms with Crippen molar-refractivity contribution < 1.29 is 87.7 Å². The molecule has 0 fully saturated rings. The van der Waals surface area contributed by atoms with Gasteiger partial charge in [-0.2, -0.15) is 69.9 Å². The first-order valence-corrected chi connectivity index (χ1v) is 7.57. The van der Waals surface area contributed by atoms with E-state index in [1.807, 2.05) is 0 Å². The Labute approximate surface area is 157 Å². The van der Waals surface area contributed by atoms with Crippen molar-refractivity contribution in [3.05, 3.63) is 11.9 Å². The maximum absolute atomic E-state index is 13.9. The molecule has 0 aliphatic heterocycles. The van der Waals surface area contributed by atoms with Crippen LogP contribution in [0, 0.1) is 0 Å². The van der Waals surface area contributed by atoms with E-state index in [0.29, 0.717) is 0 Å². The number of hydrogen-bond acceptors (Lipinski definition) is 4. The number of halogens is 16. The van der Waals surface area contributed by atoms with E-state index in [9.17, 15) is 87.7 Å². The highest BCUT2D eigenvalue weighted by atomic mass is 32.3. The van der Waals surface area contributed by atoms with Crippen LogP contribution in [-0.2, 0) is 19.8 Å². The third-order valence-corrected chi connectivity index (χ3v) is 4.01. The molecule has 0 bridgehead atoms. The SMILES string of the molecule is O=C(C(F)=C(F)F)C(F)(F)C(F)(C(=O)C(F)(F)C(F)(F)C(F)(F)S(=O)(=O)F)C(F)(F)F. The molecule has 21 heteroatoms. The van der Waals surface area contributed by atoms with Crippen LogP contribution in [0.2, 0.25) is 0 Å². The van der Waals surface area contributed by atoms with Crippen molar-refractivity contribution in [2.75, 3.05) is 0 Å². The Balaban J connectivity index is 7.17. The fourth-order valence-corrected chi connectivity index (χ4v) is 1.96. The van der Waals surface area contributed by atoms with Gasteiger partial charge < -0.3 is 0 Å². The summed E-state index contributed by atoms with van der Waals surface area (Å²) in [6.07, 6.45) is -12.3. The summed E-state index contributed by atoms with van der Waals surface area (Å²) < 4.78 is 225. The Morgan fingerprint density at radius 1 is 0.645 bits per heavy atom. The highest BCUT2D eigenvalue weighted by Crippen LogP contribution is 2.56. The van der Waals surface area contributed by atoms with Gasteiger partial charge in [-0.1, -0.05) is 3.89 Å². The van der Waals surface area contributed by atoms with Crippen molar-refractivity contribution in [2.45, 2.75) is 34.9 Å². The van der Waals surface area contributed by atoms with Crippen LogP contribution < -0.4 is 0 Å². The molecule has 0 aliphatic carbocycles. The second-order valence-electron chi connectivity index (χ2n) is 5.07. The Morgan fingerprint density at radius 3 is 1.26 bits per heavy atom. The molecule has 0 aliphatic rings. The minimum atomic E-state index is -8.27. The molecule has 0 rings (SSSR count). The molecule has 0 aromatic carbocycles. The first-order valence-electron chi connectivity index (χ1n) is 6.18. The van der Waals surface area contributed by atoms with Gasteiger partial charge in [-0.15, -0.1) is 0 Å². The highest BCUT2D eigenvalue weighted by molar-refractivity contribution is 7.87. The molecular weight excluding hydrogens is 520 g/mol. The zero-order chi connectivity index (χ0) is 25.8. The molecule has 0 spiro atoms. The molecule has 0 radical (unpaired) electrons. The Hall–Kier alpha value is -2.09. The van der Waals surface area contributed by atoms with E-state index >= 15 is 0 Å². The van der Waals surface area contributed by atoms with Gasteiger partial charge in [-0.3, -0.25) is 9.59 Å². The molecule has 0 N–H and O–H groups in total. The summed E-state index contributed by atoms with van der Waals surface area (Å²) >= 11 is 0. The summed E-state index contributed by atoms with van der Waals surface area (Å²) in [5.41, 5.74) is -8.15. The Bertz CT molecular complexity index is 896. The minimum Gasteiger partial charge on any atom is -0.288 e. The maximum Gasteiger partial charge on any atom is 0.443 e. The predicted molar refractivity (Wildman–Crippen MR) is 60.1 cm³/mol. The molecule has 0 saturated carbocycles. The van der Waals surface area contributed by atoms with Crippen LogP contribution in [0.4, 0.5) is 69.7 Å². The molecule has 31 heavy (non-hydrogen) atoms. The summed E-state index contributed by atoms with van der Waals surface area (Å²) in [7, 11) is -8.27. The first-order chi connectivity index (χ1) is 13.2. The van der Waals surface area contributed by atoms with E-state index in [4.69, 9.17) is 0 Å². The summed E-state index contributed by atoms with van der Waals surface area (Å²) in [6.45, 7) is 0. The largest absolute Gasteiger partial charge is 0.443 e. The van der Waals surface area contributed by atoms with E-state index in [-0.39, 0.29) is 0 Å². The third kappa shape index (κ3) is 3.95. The predicted octanol–water partition coefficient (Wildman–Crippen LogP) is 4.27. The minimum absolute atomic E-state index is 4.26. The number of carbonyl (C=O) groups is 2. The van der Waals surface area contributed by atoms with Gasteiger partial charge in [0.1, 0.15) is 0 Å². The molecule has 0 saturated heterocycles. The van der Waals surface area contributed by atoms with Crippen LogP contribution in [0.1, 0.15) is 0 Å². The van der Waals surface area contributed by atoms with Gasteiger partial charge in [0.15, 0.2) is 0 Å². The number of hydrogen-bond donors (Lipinski definition) is 0. The van der Waals surface area contributed by atoms with Crippen LogP contribution in [0.5, 0.6) is 0 Å². The molecule has 1 unspecified atom stereocenters. The van der Waals surface area contributed by atoms with E-state index in [1.165, 1.54) is 0 Å². The Kier molecular flexibility index (Phi) is 6.99. The van der Waals surface area contributed by atoms with Gasteiger partial charge in [0.25, 0.3) is 11.6 Å². The summed E-state index contributed by atoms with van der Waals surface area (Å²) in [6, 6.07) is 0. The average molecular weight is 520 g/mol. The first kappa shape index (κ1) is 28.9. The molecule has 0 heterocycles. The smallest absolute Gasteiger partial charge is 0.288 e. The monoisotopic (exact) mass is 520 g/mol. The molecule has 0 aromatic rings. The van der Waals surface area contributed by atoms with E-state index in [2.05, 4.69) is 0 Å². The highest BCUT2D eigenvalue weighted by Gasteiger charge is 2.89. The van der Waals surface area contributed by atoms with Crippen LogP contribution >= 0.6 is 0 Å². The number of ketones is 2. The Morgan fingerprint density at radius 2 is 1.00 bits per heavy atom. The van der Waals surface area contributed by atoms with Crippen molar-refractivity contribution in [1.82, 2.24) is 0 Å². The molecule has 182 valence electrons. The van der Waals surface area contributed by atoms with Gasteiger partial charge in [0.2, 0.25) is 5.83 Å².